The van der Waals surface area contributed by atoms with Crippen LogP contribution in [0.25, 0.3) is 16.5 Å². The Morgan fingerprint density at radius 2 is 2.06 bits per heavy atom. The fourth-order valence-corrected chi connectivity index (χ4v) is 2.04. The largest absolute Gasteiger partial charge is 0.400 e. The molecule has 90 valence electrons. The first kappa shape index (κ1) is 10.6. The van der Waals surface area contributed by atoms with Gasteiger partial charge in [0.15, 0.2) is 0 Å². The van der Waals surface area contributed by atoms with E-state index >= 15 is 0 Å². The van der Waals surface area contributed by atoms with E-state index in [1.165, 1.54) is 6.33 Å². The van der Waals surface area contributed by atoms with Crippen LogP contribution in [0.2, 0.25) is 0 Å². The number of fused-ring (bicyclic) bond motifs is 1. The Kier molecular flexibility index (Phi) is 2.37. The van der Waals surface area contributed by atoms with Gasteiger partial charge in [0.05, 0.1) is 12.1 Å². The molecule has 3 rings (SSSR count). The van der Waals surface area contributed by atoms with Crippen molar-refractivity contribution in [3.8, 4) is 0 Å². The van der Waals surface area contributed by atoms with Crippen LogP contribution in [0.1, 0.15) is 5.56 Å². The summed E-state index contributed by atoms with van der Waals surface area (Å²) in [6.45, 7) is 0.657. The van der Waals surface area contributed by atoms with Gasteiger partial charge in [0, 0.05) is 16.7 Å². The van der Waals surface area contributed by atoms with E-state index < -0.39 is 0 Å². The van der Waals surface area contributed by atoms with E-state index in [0.717, 1.165) is 27.7 Å². The summed E-state index contributed by atoms with van der Waals surface area (Å²) in [5.74, 6) is 0.485. The molecule has 5 heteroatoms. The van der Waals surface area contributed by atoms with E-state index in [9.17, 15) is 0 Å². The van der Waals surface area contributed by atoms with Crippen molar-refractivity contribution in [1.82, 2.24) is 15.3 Å². The molecule has 0 spiro atoms. The Hall–Kier alpha value is -2.56. The maximum atomic E-state index is 6.00. The van der Waals surface area contributed by atoms with Crippen LogP contribution < -0.4 is 16.8 Å². The Bertz CT molecular complexity index is 672. The van der Waals surface area contributed by atoms with Gasteiger partial charge in [0.2, 0.25) is 0 Å². The number of allylic oxidation sites excluding steroid dienone is 2. The van der Waals surface area contributed by atoms with Crippen LogP contribution >= 0.6 is 0 Å². The topological polar surface area (TPSA) is 89.8 Å². The molecule has 1 aromatic carbocycles. The second-order valence-corrected chi connectivity index (χ2v) is 4.14. The maximum Gasteiger partial charge on any atom is 0.134 e. The monoisotopic (exact) mass is 239 g/mol. The van der Waals surface area contributed by atoms with Gasteiger partial charge in [-0.05, 0) is 30.0 Å². The molecule has 0 unspecified atom stereocenters. The van der Waals surface area contributed by atoms with Gasteiger partial charge < -0.3 is 16.8 Å². The minimum atomic E-state index is 0.485. The summed E-state index contributed by atoms with van der Waals surface area (Å²) in [4.78, 5) is 8.18. The van der Waals surface area contributed by atoms with Crippen LogP contribution in [0, 0.1) is 0 Å². The number of dihydropyridines is 1. The van der Waals surface area contributed by atoms with Gasteiger partial charge in [-0.2, -0.15) is 0 Å². The second kappa shape index (κ2) is 4.03. The smallest absolute Gasteiger partial charge is 0.134 e. The Balaban J connectivity index is 2.19. The Labute approximate surface area is 104 Å². The molecule has 0 fully saturated rings. The molecule has 5 N–H and O–H groups in total. The third-order valence-corrected chi connectivity index (χ3v) is 2.98. The first-order valence-corrected chi connectivity index (χ1v) is 5.65. The van der Waals surface area contributed by atoms with Crippen LogP contribution in [-0.4, -0.2) is 16.5 Å². The van der Waals surface area contributed by atoms with Gasteiger partial charge in [-0.1, -0.05) is 6.07 Å². The predicted molar refractivity (Wildman–Crippen MR) is 72.2 cm³/mol. The van der Waals surface area contributed by atoms with Gasteiger partial charge in [0.25, 0.3) is 0 Å². The van der Waals surface area contributed by atoms with Gasteiger partial charge in [-0.25, -0.2) is 9.97 Å². The molecule has 1 aliphatic heterocycles. The summed E-state index contributed by atoms with van der Waals surface area (Å²) in [5.41, 5.74) is 15.5. The third-order valence-electron chi connectivity index (χ3n) is 2.98. The minimum Gasteiger partial charge on any atom is -0.400 e. The van der Waals surface area contributed by atoms with Crippen molar-refractivity contribution in [2.45, 2.75) is 0 Å². The van der Waals surface area contributed by atoms with E-state index in [1.807, 2.05) is 30.5 Å². The summed E-state index contributed by atoms with van der Waals surface area (Å²) < 4.78 is 0. The van der Waals surface area contributed by atoms with E-state index in [2.05, 4.69) is 15.3 Å². The van der Waals surface area contributed by atoms with Gasteiger partial charge >= 0.3 is 0 Å². The van der Waals surface area contributed by atoms with E-state index in [4.69, 9.17) is 11.5 Å². The number of nitrogens with two attached hydrogens (primary N) is 2. The molecule has 0 aliphatic carbocycles. The zero-order chi connectivity index (χ0) is 12.5. The highest BCUT2D eigenvalue weighted by Crippen LogP contribution is 2.25. The average Bonchev–Trinajstić information content (AvgIpc) is 2.40. The molecule has 5 nitrogen and oxygen atoms in total. The number of nitrogen functional groups attached to an aromatic ring is 1. The normalized spacial score (nSPS) is 14.9. The number of hydrogen-bond donors (Lipinski definition) is 3. The summed E-state index contributed by atoms with van der Waals surface area (Å²) in [5, 5.41) is 3.92. The molecular weight excluding hydrogens is 226 g/mol. The van der Waals surface area contributed by atoms with Crippen molar-refractivity contribution in [2.75, 3.05) is 12.3 Å². The maximum absolute atomic E-state index is 6.00. The quantitative estimate of drug-likeness (QED) is 0.690. The van der Waals surface area contributed by atoms with Crippen molar-refractivity contribution < 1.29 is 0 Å². The lowest BCUT2D eigenvalue weighted by Crippen LogP contribution is -2.20. The minimum absolute atomic E-state index is 0.485. The molecule has 1 aromatic heterocycles. The summed E-state index contributed by atoms with van der Waals surface area (Å²) in [6.07, 6.45) is 5.32. The standard InChI is InChI=1S/C13H13N5/c14-11-6-16-4-3-9(11)8-1-2-12-10(5-8)13(15)18-7-17-12/h1-5,7,16H,6,14H2,(H2,15,17,18). The number of rotatable bonds is 1. The average molecular weight is 239 g/mol. The van der Waals surface area contributed by atoms with Crippen molar-refractivity contribution in [3.63, 3.8) is 0 Å². The molecule has 0 amide bonds. The molecule has 18 heavy (non-hydrogen) atoms. The number of nitrogens with one attached hydrogen (secondary N) is 1. The number of benzene rings is 1. The summed E-state index contributed by atoms with van der Waals surface area (Å²) >= 11 is 0. The molecule has 2 heterocycles. The number of hydrogen-bond acceptors (Lipinski definition) is 5. The zero-order valence-corrected chi connectivity index (χ0v) is 9.72. The highest BCUT2D eigenvalue weighted by atomic mass is 14.9. The summed E-state index contributed by atoms with van der Waals surface area (Å²) in [7, 11) is 0. The summed E-state index contributed by atoms with van der Waals surface area (Å²) in [6, 6.07) is 5.90. The first-order valence-electron chi connectivity index (χ1n) is 5.65. The fraction of sp³-hybridized carbons (Fsp3) is 0.0769. The molecule has 2 aromatic rings. The van der Waals surface area contributed by atoms with Gasteiger partial charge in [-0.3, -0.25) is 0 Å². The van der Waals surface area contributed by atoms with Crippen LogP contribution in [0.4, 0.5) is 5.82 Å². The predicted octanol–water partition coefficient (Wildman–Crippen LogP) is 0.999. The van der Waals surface area contributed by atoms with Crippen molar-refractivity contribution in [1.29, 1.82) is 0 Å². The number of aromatic nitrogens is 2. The van der Waals surface area contributed by atoms with Crippen LogP contribution in [0.5, 0.6) is 0 Å². The van der Waals surface area contributed by atoms with Crippen molar-refractivity contribution >= 4 is 22.3 Å². The van der Waals surface area contributed by atoms with Gasteiger partial charge in [0.1, 0.15) is 12.1 Å². The molecule has 0 bridgehead atoms. The zero-order valence-electron chi connectivity index (χ0n) is 9.72. The van der Waals surface area contributed by atoms with Crippen molar-refractivity contribution in [2.24, 2.45) is 5.73 Å². The molecule has 0 radical (unpaired) electrons. The number of anilines is 1. The Morgan fingerprint density at radius 1 is 1.17 bits per heavy atom. The van der Waals surface area contributed by atoms with E-state index in [1.54, 1.807) is 0 Å². The fourth-order valence-electron chi connectivity index (χ4n) is 2.04. The lowest BCUT2D eigenvalue weighted by atomic mass is 10.0. The number of nitrogens with zero attached hydrogens (tertiary/aromatic N) is 2. The second-order valence-electron chi connectivity index (χ2n) is 4.14. The first-order chi connectivity index (χ1) is 8.75. The van der Waals surface area contributed by atoms with Crippen LogP contribution in [-0.2, 0) is 0 Å². The molecular formula is C13H13N5. The highest BCUT2D eigenvalue weighted by Gasteiger charge is 2.09. The molecule has 0 atom stereocenters. The third kappa shape index (κ3) is 1.66. The SMILES string of the molecule is NC1=C(c2ccc3ncnc(N)c3c2)C=CNC1. The Morgan fingerprint density at radius 3 is 2.89 bits per heavy atom. The molecule has 0 saturated carbocycles. The molecule has 1 aliphatic rings. The van der Waals surface area contributed by atoms with Crippen LogP contribution in [0.15, 0.2) is 42.5 Å². The lowest BCUT2D eigenvalue weighted by Gasteiger charge is -2.14. The van der Waals surface area contributed by atoms with Crippen LogP contribution in [0.3, 0.4) is 0 Å². The lowest BCUT2D eigenvalue weighted by molar-refractivity contribution is 0.913. The molecule has 0 saturated heterocycles. The highest BCUT2D eigenvalue weighted by molar-refractivity contribution is 5.92. The van der Waals surface area contributed by atoms with Gasteiger partial charge in [-0.15, -0.1) is 0 Å². The van der Waals surface area contributed by atoms with Crippen molar-refractivity contribution in [3.05, 3.63) is 48.1 Å². The van der Waals surface area contributed by atoms with E-state index in [0.29, 0.717) is 12.4 Å². The van der Waals surface area contributed by atoms with E-state index in [-0.39, 0.29) is 0 Å².